The number of benzene rings is 1. The van der Waals surface area contributed by atoms with Crippen molar-refractivity contribution in [1.29, 1.82) is 0 Å². The molecule has 1 aliphatic heterocycles. The van der Waals surface area contributed by atoms with Crippen LogP contribution in [-0.4, -0.2) is 28.7 Å². The number of nitrogens with zero attached hydrogens (tertiary/aromatic N) is 1. The monoisotopic (exact) mass is 276 g/mol. The molecule has 0 aliphatic carbocycles. The summed E-state index contributed by atoms with van der Waals surface area (Å²) in [5.41, 5.74) is 7.83. The lowest BCUT2D eigenvalue weighted by atomic mass is 9.92. The number of anilines is 1. The van der Waals surface area contributed by atoms with Gasteiger partial charge in [0.2, 0.25) is 0 Å². The van der Waals surface area contributed by atoms with Crippen LogP contribution in [-0.2, 0) is 11.3 Å². The number of nitrogens with two attached hydrogens (primary N) is 1. The summed E-state index contributed by atoms with van der Waals surface area (Å²) < 4.78 is 6.23. The first-order valence-electron chi connectivity index (χ1n) is 7.52. The van der Waals surface area contributed by atoms with E-state index in [9.17, 15) is 0 Å². The summed E-state index contributed by atoms with van der Waals surface area (Å²) in [4.78, 5) is 2.50. The molecule has 1 aromatic carbocycles. The Morgan fingerprint density at radius 1 is 1.30 bits per heavy atom. The largest absolute Gasteiger partial charge is 0.399 e. The Balaban J connectivity index is 2.16. The Bertz CT molecular complexity index is 468. The molecule has 3 nitrogen and oxygen atoms in total. The third-order valence-corrected chi connectivity index (χ3v) is 4.21. The van der Waals surface area contributed by atoms with E-state index in [0.717, 1.165) is 25.2 Å². The van der Waals surface area contributed by atoms with Crippen molar-refractivity contribution < 1.29 is 4.74 Å². The van der Waals surface area contributed by atoms with Gasteiger partial charge >= 0.3 is 0 Å². The summed E-state index contributed by atoms with van der Waals surface area (Å²) in [6.45, 7) is 12.9. The molecule has 1 aliphatic rings. The van der Waals surface area contributed by atoms with Crippen molar-refractivity contribution in [3.05, 3.63) is 29.8 Å². The van der Waals surface area contributed by atoms with Crippen molar-refractivity contribution in [2.45, 2.75) is 64.8 Å². The number of hydrogen-bond acceptors (Lipinski definition) is 3. The highest BCUT2D eigenvalue weighted by molar-refractivity contribution is 5.40. The summed E-state index contributed by atoms with van der Waals surface area (Å²) in [6.07, 6.45) is 1.07. The van der Waals surface area contributed by atoms with Gasteiger partial charge in [-0.3, -0.25) is 4.90 Å². The molecule has 0 aromatic heterocycles. The van der Waals surface area contributed by atoms with Gasteiger partial charge in [-0.1, -0.05) is 19.1 Å². The second-order valence-corrected chi connectivity index (χ2v) is 6.99. The van der Waals surface area contributed by atoms with Gasteiger partial charge in [-0.15, -0.1) is 0 Å². The Morgan fingerprint density at radius 2 is 2.00 bits per heavy atom. The molecule has 1 atom stereocenters. The molecule has 0 radical (unpaired) electrons. The Morgan fingerprint density at radius 3 is 2.50 bits per heavy atom. The first kappa shape index (κ1) is 15.3. The summed E-state index contributed by atoms with van der Waals surface area (Å²) in [5, 5.41) is 0. The second-order valence-electron chi connectivity index (χ2n) is 6.99. The molecule has 0 saturated carbocycles. The summed E-state index contributed by atoms with van der Waals surface area (Å²) >= 11 is 0. The third-order valence-electron chi connectivity index (χ3n) is 4.21. The van der Waals surface area contributed by atoms with Crippen molar-refractivity contribution in [2.75, 3.05) is 12.3 Å². The van der Waals surface area contributed by atoms with Crippen molar-refractivity contribution in [3.8, 4) is 0 Å². The molecule has 1 saturated heterocycles. The van der Waals surface area contributed by atoms with Gasteiger partial charge < -0.3 is 10.5 Å². The van der Waals surface area contributed by atoms with Crippen molar-refractivity contribution in [1.82, 2.24) is 4.90 Å². The summed E-state index contributed by atoms with van der Waals surface area (Å²) in [7, 11) is 0. The Hall–Kier alpha value is -1.06. The third kappa shape index (κ3) is 3.33. The van der Waals surface area contributed by atoms with Gasteiger partial charge in [0, 0.05) is 18.3 Å². The topological polar surface area (TPSA) is 38.5 Å². The van der Waals surface area contributed by atoms with E-state index in [2.05, 4.69) is 51.7 Å². The Kier molecular flexibility index (Phi) is 4.12. The smallest absolute Gasteiger partial charge is 0.0789 e. The first-order valence-corrected chi connectivity index (χ1v) is 7.52. The van der Waals surface area contributed by atoms with Crippen LogP contribution in [0, 0.1) is 0 Å². The fourth-order valence-electron chi connectivity index (χ4n) is 3.47. The lowest BCUT2D eigenvalue weighted by molar-refractivity contribution is -0.0809. The number of ether oxygens (including phenoxy) is 1. The molecule has 1 aromatic rings. The number of rotatable bonds is 4. The maximum Gasteiger partial charge on any atom is 0.0789 e. The molecule has 2 N–H and O–H groups in total. The molecule has 1 heterocycles. The average molecular weight is 276 g/mol. The number of hydrogen-bond donors (Lipinski definition) is 1. The van der Waals surface area contributed by atoms with Gasteiger partial charge in [0.25, 0.3) is 0 Å². The van der Waals surface area contributed by atoms with Crippen LogP contribution in [0.25, 0.3) is 0 Å². The minimum atomic E-state index is -0.111. The molecule has 0 bridgehead atoms. The highest BCUT2D eigenvalue weighted by Crippen LogP contribution is 2.40. The Labute approximate surface area is 123 Å². The molecular weight excluding hydrogens is 248 g/mol. The SMILES string of the molecule is CCN(Cc1cccc(N)c1)C1CC(C)(C)OC1(C)C. The van der Waals surface area contributed by atoms with Crippen LogP contribution in [0.1, 0.15) is 46.6 Å². The zero-order valence-electron chi connectivity index (χ0n) is 13.4. The molecule has 20 heavy (non-hydrogen) atoms. The summed E-state index contributed by atoms with van der Waals surface area (Å²) in [6, 6.07) is 8.61. The molecular formula is C17H28N2O. The number of nitrogen functional groups attached to an aromatic ring is 1. The van der Waals surface area contributed by atoms with Crippen LogP contribution < -0.4 is 5.73 Å². The maximum atomic E-state index is 6.23. The quantitative estimate of drug-likeness (QED) is 0.856. The molecule has 112 valence electrons. The van der Waals surface area contributed by atoms with E-state index in [1.807, 2.05) is 12.1 Å². The van der Waals surface area contributed by atoms with Crippen molar-refractivity contribution >= 4 is 5.69 Å². The van der Waals surface area contributed by atoms with Gasteiger partial charge in [0.05, 0.1) is 11.2 Å². The highest BCUT2D eigenvalue weighted by atomic mass is 16.5. The zero-order valence-corrected chi connectivity index (χ0v) is 13.4. The van der Waals surface area contributed by atoms with Crippen LogP contribution >= 0.6 is 0 Å². The van der Waals surface area contributed by atoms with Crippen LogP contribution in [0.5, 0.6) is 0 Å². The molecule has 0 amide bonds. The van der Waals surface area contributed by atoms with E-state index in [4.69, 9.17) is 10.5 Å². The first-order chi connectivity index (χ1) is 9.23. The van der Waals surface area contributed by atoms with E-state index in [1.54, 1.807) is 0 Å². The van der Waals surface area contributed by atoms with Gasteiger partial charge in [0.15, 0.2) is 0 Å². The van der Waals surface area contributed by atoms with Gasteiger partial charge in [-0.05, 0) is 58.4 Å². The predicted octanol–water partition coefficient (Wildman–Crippen LogP) is 3.44. The van der Waals surface area contributed by atoms with Gasteiger partial charge in [-0.25, -0.2) is 0 Å². The fraction of sp³-hybridized carbons (Fsp3) is 0.647. The van der Waals surface area contributed by atoms with E-state index in [0.29, 0.717) is 6.04 Å². The lowest BCUT2D eigenvalue weighted by Crippen LogP contribution is -2.46. The zero-order chi connectivity index (χ0) is 15.0. The molecule has 3 heteroatoms. The highest BCUT2D eigenvalue weighted by Gasteiger charge is 2.47. The normalized spacial score (nSPS) is 24.2. The second kappa shape index (κ2) is 5.38. The standard InChI is InChI=1S/C17H28N2O/c1-6-19(12-13-8-7-9-14(18)10-13)15-11-16(2,3)20-17(15,4)5/h7-10,15H,6,11-12,18H2,1-5H3. The molecule has 1 fully saturated rings. The van der Waals surface area contributed by atoms with E-state index < -0.39 is 0 Å². The van der Waals surface area contributed by atoms with E-state index in [1.165, 1.54) is 5.56 Å². The van der Waals surface area contributed by atoms with Crippen molar-refractivity contribution in [3.63, 3.8) is 0 Å². The van der Waals surface area contributed by atoms with Crippen LogP contribution in [0.2, 0.25) is 0 Å². The van der Waals surface area contributed by atoms with Crippen LogP contribution in [0.4, 0.5) is 5.69 Å². The maximum absolute atomic E-state index is 6.23. The minimum absolute atomic E-state index is 0.0443. The fourth-order valence-corrected chi connectivity index (χ4v) is 3.47. The van der Waals surface area contributed by atoms with E-state index >= 15 is 0 Å². The van der Waals surface area contributed by atoms with Crippen LogP contribution in [0.15, 0.2) is 24.3 Å². The predicted molar refractivity (Wildman–Crippen MR) is 84.6 cm³/mol. The molecule has 0 spiro atoms. The van der Waals surface area contributed by atoms with Crippen molar-refractivity contribution in [2.24, 2.45) is 0 Å². The molecule has 2 rings (SSSR count). The molecule has 1 unspecified atom stereocenters. The average Bonchev–Trinajstić information content (AvgIpc) is 2.54. The van der Waals surface area contributed by atoms with Gasteiger partial charge in [0.1, 0.15) is 0 Å². The lowest BCUT2D eigenvalue weighted by Gasteiger charge is -2.35. The number of likely N-dealkylation sites (N-methyl/N-ethyl adjacent to an activating group) is 1. The van der Waals surface area contributed by atoms with Crippen LogP contribution in [0.3, 0.4) is 0 Å². The van der Waals surface area contributed by atoms with Gasteiger partial charge in [-0.2, -0.15) is 0 Å². The minimum Gasteiger partial charge on any atom is -0.399 e. The summed E-state index contributed by atoms with van der Waals surface area (Å²) in [5.74, 6) is 0. The van der Waals surface area contributed by atoms with E-state index in [-0.39, 0.29) is 11.2 Å².